The summed E-state index contributed by atoms with van der Waals surface area (Å²) in [5.41, 5.74) is 0.331. The molecular weight excluding hydrogens is 425 g/mol. The number of nitrogens with zero attached hydrogens (tertiary/aromatic N) is 1. The van der Waals surface area contributed by atoms with Gasteiger partial charge in [0.25, 0.3) is 0 Å². The van der Waals surface area contributed by atoms with E-state index in [2.05, 4.69) is 0 Å². The van der Waals surface area contributed by atoms with Gasteiger partial charge in [0.2, 0.25) is 10.0 Å². The van der Waals surface area contributed by atoms with Gasteiger partial charge in [-0.2, -0.15) is 4.31 Å². The molecule has 0 aliphatic heterocycles. The maximum absolute atomic E-state index is 12.7. The topological polar surface area (TPSA) is 80.8 Å². The van der Waals surface area contributed by atoms with Crippen LogP contribution in [0.15, 0.2) is 47.4 Å². The molecular formula is C19H19Cl2NO5S. The highest BCUT2D eigenvalue weighted by molar-refractivity contribution is 7.89. The highest BCUT2D eigenvalue weighted by atomic mass is 35.5. The molecule has 0 saturated heterocycles. The van der Waals surface area contributed by atoms with Crippen LogP contribution in [0.25, 0.3) is 0 Å². The van der Waals surface area contributed by atoms with Crippen LogP contribution in [0, 0.1) is 0 Å². The summed E-state index contributed by atoms with van der Waals surface area (Å²) in [5, 5.41) is 0.484. The lowest BCUT2D eigenvalue weighted by molar-refractivity contribution is 0.0474. The fraction of sp³-hybridized carbons (Fsp3) is 0.263. The maximum Gasteiger partial charge on any atom is 0.338 e. The number of Topliss-reactive ketones (excluding diaryl/α,β-unsaturated/α-hetero) is 1. The second-order valence-corrected chi connectivity index (χ2v) is 8.49. The Morgan fingerprint density at radius 2 is 1.54 bits per heavy atom. The van der Waals surface area contributed by atoms with Gasteiger partial charge in [-0.15, -0.1) is 0 Å². The van der Waals surface area contributed by atoms with Gasteiger partial charge in [0, 0.05) is 23.7 Å². The van der Waals surface area contributed by atoms with Crippen LogP contribution in [-0.4, -0.2) is 44.2 Å². The zero-order valence-electron chi connectivity index (χ0n) is 15.3. The van der Waals surface area contributed by atoms with Crippen molar-refractivity contribution in [3.05, 3.63) is 63.6 Å². The molecule has 0 amide bonds. The van der Waals surface area contributed by atoms with Gasteiger partial charge in [0.1, 0.15) is 4.90 Å². The Kier molecular flexibility index (Phi) is 7.60. The van der Waals surface area contributed by atoms with E-state index in [1.54, 1.807) is 26.0 Å². The summed E-state index contributed by atoms with van der Waals surface area (Å²) in [5.74, 6) is -1.23. The minimum atomic E-state index is -3.85. The number of benzene rings is 2. The first kappa shape index (κ1) is 22.4. The number of esters is 1. The monoisotopic (exact) mass is 443 g/mol. The summed E-state index contributed by atoms with van der Waals surface area (Å²) in [7, 11) is -3.85. The van der Waals surface area contributed by atoms with Crippen molar-refractivity contribution in [2.75, 3.05) is 19.7 Å². The molecule has 9 heteroatoms. The molecule has 0 fully saturated rings. The molecule has 0 radical (unpaired) electrons. The number of sulfonamides is 1. The number of carbonyl (C=O) groups excluding carboxylic acids is 2. The molecule has 0 aromatic heterocycles. The van der Waals surface area contributed by atoms with Crippen LogP contribution in [0.5, 0.6) is 0 Å². The van der Waals surface area contributed by atoms with Gasteiger partial charge >= 0.3 is 5.97 Å². The number of hydrogen-bond acceptors (Lipinski definition) is 5. The van der Waals surface area contributed by atoms with Crippen molar-refractivity contribution in [3.8, 4) is 0 Å². The van der Waals surface area contributed by atoms with Crippen molar-refractivity contribution in [2.24, 2.45) is 0 Å². The zero-order chi connectivity index (χ0) is 20.9. The van der Waals surface area contributed by atoms with E-state index < -0.39 is 28.4 Å². The fourth-order valence-corrected chi connectivity index (χ4v) is 4.55. The van der Waals surface area contributed by atoms with Gasteiger partial charge in [-0.3, -0.25) is 4.79 Å². The first-order valence-corrected chi connectivity index (χ1v) is 10.7. The normalized spacial score (nSPS) is 11.5. The van der Waals surface area contributed by atoms with Gasteiger partial charge in [-0.1, -0.05) is 37.0 Å². The van der Waals surface area contributed by atoms with Crippen molar-refractivity contribution >= 4 is 45.0 Å². The first-order chi connectivity index (χ1) is 13.2. The fourth-order valence-electron chi connectivity index (χ4n) is 2.46. The number of carbonyl (C=O) groups is 2. The molecule has 0 unspecified atom stereocenters. The average molecular weight is 444 g/mol. The molecule has 0 N–H and O–H groups in total. The number of ether oxygens (including phenoxy) is 1. The number of ketones is 1. The summed E-state index contributed by atoms with van der Waals surface area (Å²) in [6.07, 6.45) is 0. The molecule has 0 saturated carbocycles. The number of hydrogen-bond donors (Lipinski definition) is 0. The number of rotatable bonds is 8. The van der Waals surface area contributed by atoms with Crippen LogP contribution < -0.4 is 0 Å². The Hall–Kier alpha value is -1.93. The van der Waals surface area contributed by atoms with Crippen LogP contribution >= 0.6 is 23.2 Å². The van der Waals surface area contributed by atoms with Crippen molar-refractivity contribution < 1.29 is 22.7 Å². The van der Waals surface area contributed by atoms with E-state index in [4.69, 9.17) is 27.9 Å². The molecule has 0 atom stereocenters. The second-order valence-electron chi connectivity index (χ2n) is 5.74. The Morgan fingerprint density at radius 1 is 0.964 bits per heavy atom. The molecule has 0 aliphatic carbocycles. The molecule has 0 bridgehead atoms. The zero-order valence-corrected chi connectivity index (χ0v) is 17.6. The third kappa shape index (κ3) is 5.11. The molecule has 0 spiro atoms. The van der Waals surface area contributed by atoms with Crippen molar-refractivity contribution in [2.45, 2.75) is 18.7 Å². The van der Waals surface area contributed by atoms with E-state index in [1.807, 2.05) is 0 Å². The summed E-state index contributed by atoms with van der Waals surface area (Å²) < 4.78 is 31.6. The Balaban J connectivity index is 2.18. The Bertz CT molecular complexity index is 970. The van der Waals surface area contributed by atoms with Crippen LogP contribution in [0.4, 0.5) is 0 Å². The van der Waals surface area contributed by atoms with Gasteiger partial charge in [0.05, 0.1) is 10.6 Å². The van der Waals surface area contributed by atoms with E-state index in [1.165, 1.54) is 28.6 Å². The summed E-state index contributed by atoms with van der Waals surface area (Å²) >= 11 is 11.8. The van der Waals surface area contributed by atoms with Crippen LogP contribution in [0.2, 0.25) is 10.0 Å². The predicted octanol–water partition coefficient (Wildman–Crippen LogP) is 4.06. The van der Waals surface area contributed by atoms with Gasteiger partial charge in [0.15, 0.2) is 12.4 Å². The van der Waals surface area contributed by atoms with E-state index in [9.17, 15) is 18.0 Å². The lowest BCUT2D eigenvalue weighted by Crippen LogP contribution is -2.31. The molecule has 0 heterocycles. The van der Waals surface area contributed by atoms with Crippen LogP contribution in [0.3, 0.4) is 0 Å². The quantitative estimate of drug-likeness (QED) is 0.453. The SMILES string of the molecule is CCN(CC)S(=O)(=O)c1cc(C(=O)OCC(=O)c2ccc(Cl)cc2)ccc1Cl. The molecule has 150 valence electrons. The van der Waals surface area contributed by atoms with Crippen molar-refractivity contribution in [3.63, 3.8) is 0 Å². The van der Waals surface area contributed by atoms with E-state index in [0.29, 0.717) is 10.6 Å². The van der Waals surface area contributed by atoms with Crippen LogP contribution in [0.1, 0.15) is 34.6 Å². The highest BCUT2D eigenvalue weighted by Gasteiger charge is 2.26. The lowest BCUT2D eigenvalue weighted by atomic mass is 10.1. The third-order valence-electron chi connectivity index (χ3n) is 3.99. The summed E-state index contributed by atoms with van der Waals surface area (Å²) in [6.45, 7) is 3.45. The minimum Gasteiger partial charge on any atom is -0.454 e. The highest BCUT2D eigenvalue weighted by Crippen LogP contribution is 2.26. The summed E-state index contributed by atoms with van der Waals surface area (Å²) in [6, 6.07) is 9.98. The van der Waals surface area contributed by atoms with E-state index >= 15 is 0 Å². The summed E-state index contributed by atoms with van der Waals surface area (Å²) in [4.78, 5) is 24.2. The Labute approximate surface area is 174 Å². The molecule has 6 nitrogen and oxygen atoms in total. The first-order valence-electron chi connectivity index (χ1n) is 8.46. The van der Waals surface area contributed by atoms with Crippen molar-refractivity contribution in [1.82, 2.24) is 4.31 Å². The molecule has 2 aromatic carbocycles. The molecule has 2 aromatic rings. The van der Waals surface area contributed by atoms with Gasteiger partial charge in [-0.05, 0) is 42.5 Å². The molecule has 0 aliphatic rings. The largest absolute Gasteiger partial charge is 0.454 e. The van der Waals surface area contributed by atoms with E-state index in [0.717, 1.165) is 6.07 Å². The van der Waals surface area contributed by atoms with Crippen LogP contribution in [-0.2, 0) is 14.8 Å². The van der Waals surface area contributed by atoms with Gasteiger partial charge in [-0.25, -0.2) is 13.2 Å². The molecule has 28 heavy (non-hydrogen) atoms. The Morgan fingerprint density at radius 3 is 2.11 bits per heavy atom. The van der Waals surface area contributed by atoms with Crippen molar-refractivity contribution in [1.29, 1.82) is 0 Å². The standard InChI is InChI=1S/C19H19Cl2NO5S/c1-3-22(4-2)28(25,26)18-11-14(7-10-16(18)21)19(24)27-12-17(23)13-5-8-15(20)9-6-13/h5-11H,3-4,12H2,1-2H3. The second kappa shape index (κ2) is 9.52. The number of halogens is 2. The maximum atomic E-state index is 12.7. The van der Waals surface area contributed by atoms with Gasteiger partial charge < -0.3 is 4.74 Å². The smallest absolute Gasteiger partial charge is 0.338 e. The molecule has 2 rings (SSSR count). The average Bonchev–Trinajstić information content (AvgIpc) is 2.67. The third-order valence-corrected chi connectivity index (χ3v) is 6.77. The minimum absolute atomic E-state index is 0.000639. The predicted molar refractivity (Wildman–Crippen MR) is 108 cm³/mol. The lowest BCUT2D eigenvalue weighted by Gasteiger charge is -2.19. The van der Waals surface area contributed by atoms with E-state index in [-0.39, 0.29) is 28.6 Å².